The van der Waals surface area contributed by atoms with E-state index in [0.29, 0.717) is 19.6 Å². The zero-order valence-corrected chi connectivity index (χ0v) is 14.2. The van der Waals surface area contributed by atoms with Crippen LogP contribution >= 0.6 is 11.3 Å². The van der Waals surface area contributed by atoms with Gasteiger partial charge in [0.2, 0.25) is 11.8 Å². The van der Waals surface area contributed by atoms with Crippen molar-refractivity contribution in [2.45, 2.75) is 19.5 Å². The van der Waals surface area contributed by atoms with Crippen molar-refractivity contribution in [3.8, 4) is 5.75 Å². The van der Waals surface area contributed by atoms with Gasteiger partial charge >= 0.3 is 0 Å². The Hall–Kier alpha value is -2.41. The topological polar surface area (TPSA) is 71.5 Å². The van der Waals surface area contributed by atoms with Gasteiger partial charge in [-0.25, -0.2) is 4.98 Å². The van der Waals surface area contributed by atoms with Crippen LogP contribution in [0.2, 0.25) is 0 Å². The van der Waals surface area contributed by atoms with E-state index < -0.39 is 0 Å². The third kappa shape index (κ3) is 3.91. The summed E-state index contributed by atoms with van der Waals surface area (Å²) in [6.07, 6.45) is 1.97. The van der Waals surface area contributed by atoms with Crippen LogP contribution in [-0.4, -0.2) is 35.4 Å². The van der Waals surface area contributed by atoms with Crippen molar-refractivity contribution in [3.63, 3.8) is 0 Å². The second kappa shape index (κ2) is 7.44. The Morgan fingerprint density at radius 2 is 2.21 bits per heavy atom. The van der Waals surface area contributed by atoms with Gasteiger partial charge in [-0.05, 0) is 17.7 Å². The van der Waals surface area contributed by atoms with E-state index in [9.17, 15) is 9.59 Å². The van der Waals surface area contributed by atoms with Crippen LogP contribution in [0.15, 0.2) is 35.8 Å². The maximum Gasteiger partial charge on any atom is 0.225 e. The summed E-state index contributed by atoms with van der Waals surface area (Å²) >= 11 is 1.50. The third-order valence-electron chi connectivity index (χ3n) is 4.02. The van der Waals surface area contributed by atoms with Crippen molar-refractivity contribution >= 4 is 23.2 Å². The summed E-state index contributed by atoms with van der Waals surface area (Å²) in [7, 11) is 1.62. The molecule has 0 radical (unpaired) electrons. The van der Waals surface area contributed by atoms with Crippen LogP contribution < -0.4 is 10.1 Å². The molecule has 2 aromatic rings. The second-order valence-corrected chi connectivity index (χ2v) is 6.65. The number of ether oxygens (including phenoxy) is 1. The number of carbonyl (C=O) groups is 2. The van der Waals surface area contributed by atoms with Crippen LogP contribution in [0.5, 0.6) is 5.75 Å². The molecule has 1 aliphatic heterocycles. The number of carbonyl (C=O) groups excluding carboxylic acids is 2. The first-order valence-corrected chi connectivity index (χ1v) is 8.60. The number of aromatic nitrogens is 1. The molecule has 1 unspecified atom stereocenters. The number of rotatable bonds is 6. The van der Waals surface area contributed by atoms with E-state index >= 15 is 0 Å². The van der Waals surface area contributed by atoms with Crippen LogP contribution in [0.4, 0.5) is 0 Å². The molecule has 6 nitrogen and oxygen atoms in total. The number of benzene rings is 1. The largest absolute Gasteiger partial charge is 0.497 e. The molecule has 24 heavy (non-hydrogen) atoms. The summed E-state index contributed by atoms with van der Waals surface area (Å²) in [5, 5.41) is 5.60. The first-order chi connectivity index (χ1) is 11.7. The quantitative estimate of drug-likeness (QED) is 0.867. The molecule has 1 fully saturated rings. The van der Waals surface area contributed by atoms with E-state index in [4.69, 9.17) is 4.74 Å². The Labute approximate surface area is 144 Å². The number of nitrogens with zero attached hydrogens (tertiary/aromatic N) is 2. The van der Waals surface area contributed by atoms with Crippen molar-refractivity contribution in [2.24, 2.45) is 5.92 Å². The molecular weight excluding hydrogens is 326 g/mol. The molecule has 0 aliphatic carbocycles. The van der Waals surface area contributed by atoms with Gasteiger partial charge in [0.1, 0.15) is 10.8 Å². The van der Waals surface area contributed by atoms with Crippen LogP contribution in [0.1, 0.15) is 17.0 Å². The number of likely N-dealkylation sites (tertiary alicyclic amines) is 1. The lowest BCUT2D eigenvalue weighted by Crippen LogP contribution is -2.32. The van der Waals surface area contributed by atoms with Crippen molar-refractivity contribution in [1.29, 1.82) is 0 Å². The number of nitrogens with one attached hydrogen (secondary N) is 1. The molecular formula is C17H19N3O3S. The molecule has 1 saturated heterocycles. The number of thiazole rings is 1. The predicted octanol–water partition coefficient (Wildman–Crippen LogP) is 1.82. The van der Waals surface area contributed by atoms with E-state index in [1.165, 1.54) is 11.3 Å². The van der Waals surface area contributed by atoms with Crippen LogP contribution in [0.3, 0.4) is 0 Å². The van der Waals surface area contributed by atoms with Gasteiger partial charge in [-0.3, -0.25) is 9.59 Å². The molecule has 1 aliphatic rings. The zero-order chi connectivity index (χ0) is 16.9. The molecule has 126 valence electrons. The zero-order valence-electron chi connectivity index (χ0n) is 13.4. The lowest BCUT2D eigenvalue weighted by Gasteiger charge is -2.17. The molecule has 7 heteroatoms. The Kier molecular flexibility index (Phi) is 5.10. The molecule has 1 aromatic heterocycles. The number of hydrogen-bond acceptors (Lipinski definition) is 5. The second-order valence-electron chi connectivity index (χ2n) is 5.67. The van der Waals surface area contributed by atoms with Crippen molar-refractivity contribution in [3.05, 3.63) is 46.4 Å². The predicted molar refractivity (Wildman–Crippen MR) is 90.5 cm³/mol. The summed E-state index contributed by atoms with van der Waals surface area (Å²) in [4.78, 5) is 30.3. The van der Waals surface area contributed by atoms with Crippen LogP contribution in [0.25, 0.3) is 0 Å². The van der Waals surface area contributed by atoms with Gasteiger partial charge in [0.05, 0.1) is 19.6 Å². The fraction of sp³-hybridized carbons (Fsp3) is 0.353. The highest BCUT2D eigenvalue weighted by atomic mass is 32.1. The lowest BCUT2D eigenvalue weighted by molar-refractivity contribution is -0.129. The fourth-order valence-corrected chi connectivity index (χ4v) is 3.26. The molecule has 2 amide bonds. The fourth-order valence-electron chi connectivity index (χ4n) is 2.70. The SMILES string of the molecule is COc1ccc(CN2CC(C(=O)NCc3nccs3)CC2=O)cc1. The number of amides is 2. The van der Waals surface area contributed by atoms with Gasteiger partial charge in [0, 0.05) is 31.1 Å². The normalized spacial score (nSPS) is 17.1. The maximum absolute atomic E-state index is 12.2. The van der Waals surface area contributed by atoms with Crippen molar-refractivity contribution < 1.29 is 14.3 Å². The molecule has 3 rings (SSSR count). The first-order valence-electron chi connectivity index (χ1n) is 7.72. The van der Waals surface area contributed by atoms with E-state index in [-0.39, 0.29) is 24.2 Å². The summed E-state index contributed by atoms with van der Waals surface area (Å²) in [5.41, 5.74) is 1.02. The minimum absolute atomic E-state index is 0.0141. The summed E-state index contributed by atoms with van der Waals surface area (Å²) in [6, 6.07) is 7.60. The summed E-state index contributed by atoms with van der Waals surface area (Å²) in [5.74, 6) is 0.414. The average molecular weight is 345 g/mol. The Balaban J connectivity index is 1.53. The van der Waals surface area contributed by atoms with Crippen LogP contribution in [-0.2, 0) is 22.7 Å². The van der Waals surface area contributed by atoms with E-state index in [1.807, 2.05) is 29.6 Å². The highest BCUT2D eigenvalue weighted by Gasteiger charge is 2.34. The van der Waals surface area contributed by atoms with Gasteiger partial charge in [-0.15, -0.1) is 11.3 Å². The molecule has 1 atom stereocenters. The third-order valence-corrected chi connectivity index (χ3v) is 4.79. The standard InChI is InChI=1S/C17H19N3O3S/c1-23-14-4-2-12(3-5-14)10-20-11-13(8-16(20)21)17(22)19-9-15-18-6-7-24-15/h2-7,13H,8-11H2,1H3,(H,19,22). The highest BCUT2D eigenvalue weighted by Crippen LogP contribution is 2.21. The van der Waals surface area contributed by atoms with Gasteiger partial charge in [0.25, 0.3) is 0 Å². The summed E-state index contributed by atoms with van der Waals surface area (Å²) < 4.78 is 5.13. The van der Waals surface area contributed by atoms with E-state index in [2.05, 4.69) is 10.3 Å². The minimum Gasteiger partial charge on any atom is -0.497 e. The van der Waals surface area contributed by atoms with E-state index in [0.717, 1.165) is 16.3 Å². The number of methoxy groups -OCH3 is 1. The van der Waals surface area contributed by atoms with Crippen molar-refractivity contribution in [2.75, 3.05) is 13.7 Å². The smallest absolute Gasteiger partial charge is 0.225 e. The van der Waals surface area contributed by atoms with Crippen molar-refractivity contribution in [1.82, 2.24) is 15.2 Å². The molecule has 0 spiro atoms. The van der Waals surface area contributed by atoms with Gasteiger partial charge in [0.15, 0.2) is 0 Å². The number of hydrogen-bond donors (Lipinski definition) is 1. The molecule has 0 bridgehead atoms. The Morgan fingerprint density at radius 3 is 2.88 bits per heavy atom. The minimum atomic E-state index is -0.296. The lowest BCUT2D eigenvalue weighted by atomic mass is 10.1. The Bertz CT molecular complexity index is 700. The molecule has 2 heterocycles. The average Bonchev–Trinajstić information content (AvgIpc) is 3.24. The first kappa shape index (κ1) is 16.4. The van der Waals surface area contributed by atoms with Gasteiger partial charge in [-0.2, -0.15) is 0 Å². The maximum atomic E-state index is 12.2. The highest BCUT2D eigenvalue weighted by molar-refractivity contribution is 7.09. The van der Waals surface area contributed by atoms with Crippen LogP contribution in [0, 0.1) is 5.92 Å². The molecule has 1 aromatic carbocycles. The van der Waals surface area contributed by atoms with Gasteiger partial charge < -0.3 is 15.0 Å². The van der Waals surface area contributed by atoms with E-state index in [1.54, 1.807) is 18.2 Å². The Morgan fingerprint density at radius 1 is 1.42 bits per heavy atom. The molecule has 0 saturated carbocycles. The van der Waals surface area contributed by atoms with Gasteiger partial charge in [-0.1, -0.05) is 12.1 Å². The monoisotopic (exact) mass is 345 g/mol. The molecule has 1 N–H and O–H groups in total. The summed E-state index contributed by atoms with van der Waals surface area (Å²) in [6.45, 7) is 1.38.